The lowest BCUT2D eigenvalue weighted by atomic mass is 9.99. The summed E-state index contributed by atoms with van der Waals surface area (Å²) in [6, 6.07) is 0. The molecule has 0 N–H and O–H groups in total. The monoisotopic (exact) mass is 877 g/mol. The second-order valence-electron chi connectivity index (χ2n) is 20.4. The van der Waals surface area contributed by atoms with Gasteiger partial charge >= 0.3 is 17.9 Å². The molecular weight excluding hydrogens is 769 g/mol. The van der Waals surface area contributed by atoms with Crippen molar-refractivity contribution in [1.29, 1.82) is 0 Å². The van der Waals surface area contributed by atoms with E-state index in [2.05, 4.69) is 41.5 Å². The molecule has 0 spiro atoms. The van der Waals surface area contributed by atoms with Crippen LogP contribution in [-0.2, 0) is 28.6 Å². The molecule has 0 radical (unpaired) electrons. The fourth-order valence-corrected chi connectivity index (χ4v) is 8.44. The van der Waals surface area contributed by atoms with Crippen LogP contribution in [0, 0.1) is 17.8 Å². The Morgan fingerprint density at radius 3 is 0.839 bits per heavy atom. The molecule has 0 aromatic rings. The van der Waals surface area contributed by atoms with Crippen LogP contribution in [0.2, 0.25) is 0 Å². The predicted octanol–water partition coefficient (Wildman–Crippen LogP) is 17.9. The summed E-state index contributed by atoms with van der Waals surface area (Å²) >= 11 is 0. The second-order valence-corrected chi connectivity index (χ2v) is 20.4. The molecule has 0 amide bonds. The summed E-state index contributed by atoms with van der Waals surface area (Å²) < 4.78 is 16.8. The van der Waals surface area contributed by atoms with Gasteiger partial charge in [0.05, 0.1) is 0 Å². The van der Waals surface area contributed by atoms with E-state index >= 15 is 0 Å². The zero-order chi connectivity index (χ0) is 45.6. The third-order valence-corrected chi connectivity index (χ3v) is 13.0. The van der Waals surface area contributed by atoms with Crippen LogP contribution in [-0.4, -0.2) is 37.2 Å². The van der Waals surface area contributed by atoms with E-state index in [0.717, 1.165) is 75.5 Å². The van der Waals surface area contributed by atoms with Gasteiger partial charge in [-0.3, -0.25) is 14.4 Å². The molecule has 0 rings (SSSR count). The van der Waals surface area contributed by atoms with Gasteiger partial charge in [0.2, 0.25) is 0 Å². The maximum atomic E-state index is 12.8. The van der Waals surface area contributed by atoms with Gasteiger partial charge in [-0.05, 0) is 37.0 Å². The van der Waals surface area contributed by atoms with Crippen molar-refractivity contribution in [1.82, 2.24) is 0 Å². The molecule has 0 fully saturated rings. The molecule has 0 aliphatic carbocycles. The molecule has 0 bridgehead atoms. The van der Waals surface area contributed by atoms with E-state index in [1.165, 1.54) is 186 Å². The number of rotatable bonds is 49. The number of hydrogen-bond donors (Lipinski definition) is 0. The minimum Gasteiger partial charge on any atom is -0.462 e. The van der Waals surface area contributed by atoms with Gasteiger partial charge in [0.1, 0.15) is 13.2 Å². The Morgan fingerprint density at radius 2 is 0.565 bits per heavy atom. The molecule has 0 aliphatic heterocycles. The maximum absolute atomic E-state index is 12.8. The normalized spacial score (nSPS) is 12.6. The Balaban J connectivity index is 4.24. The molecule has 1 unspecified atom stereocenters. The fraction of sp³-hybridized carbons (Fsp3) is 0.946. The maximum Gasteiger partial charge on any atom is 0.306 e. The summed E-state index contributed by atoms with van der Waals surface area (Å²) in [7, 11) is 0. The van der Waals surface area contributed by atoms with Gasteiger partial charge in [-0.25, -0.2) is 0 Å². The zero-order valence-corrected chi connectivity index (χ0v) is 42.7. The van der Waals surface area contributed by atoms with E-state index in [-0.39, 0.29) is 31.1 Å². The average molecular weight is 877 g/mol. The summed E-state index contributed by atoms with van der Waals surface area (Å²) in [4.78, 5) is 38.0. The number of ether oxygens (including phenoxy) is 3. The standard InChI is InChI=1S/C56H108O6/c1-7-52(6)44-38-32-25-21-17-13-9-11-15-19-23-27-35-41-47-56(59)62-53(49-61-55(58)46-40-34-29-28-31-37-43-51(4)5)48-60-54(57)45-39-33-26-22-18-14-10-8-12-16-20-24-30-36-42-50(2)3/h50-53H,7-49H2,1-6H3/t52?,53-/m0/s1. The molecule has 368 valence electrons. The van der Waals surface area contributed by atoms with Gasteiger partial charge in [-0.2, -0.15) is 0 Å². The van der Waals surface area contributed by atoms with Crippen molar-refractivity contribution < 1.29 is 28.6 Å². The lowest BCUT2D eigenvalue weighted by Crippen LogP contribution is -2.30. The smallest absolute Gasteiger partial charge is 0.306 e. The molecule has 0 heterocycles. The van der Waals surface area contributed by atoms with Crippen molar-refractivity contribution in [2.24, 2.45) is 17.8 Å². The van der Waals surface area contributed by atoms with Crippen LogP contribution in [0.4, 0.5) is 0 Å². The number of carbonyl (C=O) groups excluding carboxylic acids is 3. The molecule has 6 heteroatoms. The molecule has 0 aromatic heterocycles. The number of unbranched alkanes of at least 4 members (excludes halogenated alkanes) is 31. The molecule has 0 aliphatic rings. The average Bonchev–Trinajstić information content (AvgIpc) is 3.24. The minimum atomic E-state index is -0.763. The van der Waals surface area contributed by atoms with Crippen molar-refractivity contribution in [2.75, 3.05) is 13.2 Å². The summed E-state index contributed by atoms with van der Waals surface area (Å²) in [5.74, 6) is 1.65. The number of esters is 3. The third kappa shape index (κ3) is 47.9. The second kappa shape index (κ2) is 47.4. The lowest BCUT2D eigenvalue weighted by molar-refractivity contribution is -0.167. The highest BCUT2D eigenvalue weighted by Gasteiger charge is 2.19. The predicted molar refractivity (Wildman–Crippen MR) is 266 cm³/mol. The topological polar surface area (TPSA) is 78.9 Å². The van der Waals surface area contributed by atoms with Crippen molar-refractivity contribution in [3.05, 3.63) is 0 Å². The van der Waals surface area contributed by atoms with Crippen LogP contribution in [0.5, 0.6) is 0 Å². The van der Waals surface area contributed by atoms with Gasteiger partial charge in [0, 0.05) is 19.3 Å². The van der Waals surface area contributed by atoms with Gasteiger partial charge in [0.15, 0.2) is 6.10 Å². The van der Waals surface area contributed by atoms with E-state index < -0.39 is 6.10 Å². The van der Waals surface area contributed by atoms with Crippen molar-refractivity contribution in [3.8, 4) is 0 Å². The summed E-state index contributed by atoms with van der Waals surface area (Å²) in [6.07, 6.45) is 48.2. The first-order valence-electron chi connectivity index (χ1n) is 27.6. The third-order valence-electron chi connectivity index (χ3n) is 13.0. The van der Waals surface area contributed by atoms with Gasteiger partial charge in [-0.15, -0.1) is 0 Å². The Labute approximate surface area is 387 Å². The lowest BCUT2D eigenvalue weighted by Gasteiger charge is -2.18. The summed E-state index contributed by atoms with van der Waals surface area (Å²) in [5.41, 5.74) is 0. The number of hydrogen-bond acceptors (Lipinski definition) is 6. The summed E-state index contributed by atoms with van der Waals surface area (Å²) in [5, 5.41) is 0. The van der Waals surface area contributed by atoms with Crippen molar-refractivity contribution in [2.45, 2.75) is 311 Å². The Kier molecular flexibility index (Phi) is 46.2. The number of carbonyl (C=O) groups is 3. The highest BCUT2D eigenvalue weighted by atomic mass is 16.6. The van der Waals surface area contributed by atoms with Gasteiger partial charge in [0.25, 0.3) is 0 Å². The van der Waals surface area contributed by atoms with E-state index in [0.29, 0.717) is 19.3 Å². The highest BCUT2D eigenvalue weighted by Crippen LogP contribution is 2.18. The van der Waals surface area contributed by atoms with Crippen molar-refractivity contribution in [3.63, 3.8) is 0 Å². The van der Waals surface area contributed by atoms with Crippen LogP contribution in [0.3, 0.4) is 0 Å². The molecular formula is C56H108O6. The summed E-state index contributed by atoms with van der Waals surface area (Å²) in [6.45, 7) is 13.7. The minimum absolute atomic E-state index is 0.0647. The van der Waals surface area contributed by atoms with Crippen molar-refractivity contribution >= 4 is 17.9 Å². The molecule has 0 aromatic carbocycles. The molecule has 0 saturated carbocycles. The largest absolute Gasteiger partial charge is 0.462 e. The Morgan fingerprint density at radius 1 is 0.323 bits per heavy atom. The molecule has 0 saturated heterocycles. The van der Waals surface area contributed by atoms with E-state index in [9.17, 15) is 14.4 Å². The quantitative estimate of drug-likeness (QED) is 0.0344. The first kappa shape index (κ1) is 60.4. The zero-order valence-electron chi connectivity index (χ0n) is 42.7. The molecule has 2 atom stereocenters. The fourth-order valence-electron chi connectivity index (χ4n) is 8.44. The highest BCUT2D eigenvalue weighted by molar-refractivity contribution is 5.71. The molecule has 62 heavy (non-hydrogen) atoms. The Bertz CT molecular complexity index is 962. The van der Waals surface area contributed by atoms with Crippen LogP contribution < -0.4 is 0 Å². The van der Waals surface area contributed by atoms with Gasteiger partial charge in [-0.1, -0.05) is 266 Å². The van der Waals surface area contributed by atoms with E-state index in [4.69, 9.17) is 14.2 Å². The molecule has 6 nitrogen and oxygen atoms in total. The van der Waals surface area contributed by atoms with E-state index in [1.807, 2.05) is 0 Å². The van der Waals surface area contributed by atoms with Crippen LogP contribution >= 0.6 is 0 Å². The first-order valence-corrected chi connectivity index (χ1v) is 27.6. The van der Waals surface area contributed by atoms with Gasteiger partial charge < -0.3 is 14.2 Å². The Hall–Kier alpha value is -1.59. The van der Waals surface area contributed by atoms with Crippen LogP contribution in [0.15, 0.2) is 0 Å². The first-order chi connectivity index (χ1) is 30.1. The van der Waals surface area contributed by atoms with Crippen LogP contribution in [0.1, 0.15) is 305 Å². The van der Waals surface area contributed by atoms with E-state index in [1.54, 1.807) is 0 Å². The SMILES string of the molecule is CCC(C)CCCCCCCCCCCCCCCCC(=O)O[C@@H](COC(=O)CCCCCCCCCCCCCCCCC(C)C)COC(=O)CCCCCCCCC(C)C. The van der Waals surface area contributed by atoms with Crippen LogP contribution in [0.25, 0.3) is 0 Å².